The molecule has 0 aromatic carbocycles. The molecular formula is C11H14ClN3O. The topological polar surface area (TPSA) is 46.1 Å². The Labute approximate surface area is 99.6 Å². The van der Waals surface area contributed by atoms with Crippen LogP contribution in [0.4, 0.5) is 0 Å². The fourth-order valence-corrected chi connectivity index (χ4v) is 1.72. The van der Waals surface area contributed by atoms with Crippen LogP contribution in [-0.4, -0.2) is 33.9 Å². The number of carbonyl (C=O) groups excluding carboxylic acids is 1. The first-order valence-electron chi connectivity index (χ1n) is 5.47. The maximum atomic E-state index is 12.1. The van der Waals surface area contributed by atoms with Crippen LogP contribution in [0, 0.1) is 5.92 Å². The van der Waals surface area contributed by atoms with Crippen molar-refractivity contribution in [1.82, 2.24) is 14.9 Å². The molecule has 2 rings (SSSR count). The quantitative estimate of drug-likeness (QED) is 0.808. The number of hydrogen-bond acceptors (Lipinski definition) is 3. The lowest BCUT2D eigenvalue weighted by Crippen LogP contribution is -2.33. The van der Waals surface area contributed by atoms with Crippen LogP contribution >= 0.6 is 11.6 Å². The van der Waals surface area contributed by atoms with Gasteiger partial charge in [0.05, 0.1) is 12.4 Å². The minimum Gasteiger partial charge on any atom is -0.337 e. The largest absolute Gasteiger partial charge is 0.337 e. The molecule has 1 saturated carbocycles. The summed E-state index contributed by atoms with van der Waals surface area (Å²) in [6.45, 7) is 3.49. The molecule has 0 bridgehead atoms. The third kappa shape index (κ3) is 2.70. The predicted molar refractivity (Wildman–Crippen MR) is 61.3 cm³/mol. The number of rotatable bonds is 4. The lowest BCUT2D eigenvalue weighted by Gasteiger charge is -2.19. The highest BCUT2D eigenvalue weighted by atomic mass is 35.5. The molecule has 1 amide bonds. The molecule has 0 saturated heterocycles. The van der Waals surface area contributed by atoms with Crippen molar-refractivity contribution in [2.24, 2.45) is 5.92 Å². The van der Waals surface area contributed by atoms with E-state index in [0.717, 1.165) is 6.54 Å². The molecule has 0 spiro atoms. The van der Waals surface area contributed by atoms with Crippen LogP contribution < -0.4 is 0 Å². The van der Waals surface area contributed by atoms with E-state index in [1.165, 1.54) is 25.2 Å². The van der Waals surface area contributed by atoms with Gasteiger partial charge in [0.1, 0.15) is 10.8 Å². The summed E-state index contributed by atoms with van der Waals surface area (Å²) in [4.78, 5) is 21.7. The van der Waals surface area contributed by atoms with Crippen molar-refractivity contribution in [2.75, 3.05) is 13.1 Å². The summed E-state index contributed by atoms with van der Waals surface area (Å²) in [5.74, 6) is 0.598. The van der Waals surface area contributed by atoms with Crippen molar-refractivity contribution in [2.45, 2.75) is 19.8 Å². The molecule has 1 fully saturated rings. The number of aromatic nitrogens is 2. The standard InChI is InChI=1S/C11H14ClN3O/c1-2-15(7-8-3-4-8)11(16)9-5-13-6-10(12)14-9/h5-6,8H,2-4,7H2,1H3. The van der Waals surface area contributed by atoms with Gasteiger partial charge in [-0.25, -0.2) is 4.98 Å². The molecule has 1 heterocycles. The van der Waals surface area contributed by atoms with Crippen molar-refractivity contribution >= 4 is 17.5 Å². The van der Waals surface area contributed by atoms with Gasteiger partial charge >= 0.3 is 0 Å². The van der Waals surface area contributed by atoms with Gasteiger partial charge in [-0.2, -0.15) is 0 Å². The number of amides is 1. The zero-order valence-corrected chi connectivity index (χ0v) is 9.94. The second-order valence-electron chi connectivity index (χ2n) is 4.01. The van der Waals surface area contributed by atoms with Crippen LogP contribution in [0.25, 0.3) is 0 Å². The second kappa shape index (κ2) is 4.78. The SMILES string of the molecule is CCN(CC1CC1)C(=O)c1cncc(Cl)n1. The molecule has 4 nitrogen and oxygen atoms in total. The number of carbonyl (C=O) groups is 1. The molecule has 16 heavy (non-hydrogen) atoms. The summed E-state index contributed by atoms with van der Waals surface area (Å²) in [5.41, 5.74) is 0.329. The van der Waals surface area contributed by atoms with Gasteiger partial charge in [0.15, 0.2) is 0 Å². The van der Waals surface area contributed by atoms with E-state index in [0.29, 0.717) is 18.2 Å². The Balaban J connectivity index is 2.09. The third-order valence-corrected chi connectivity index (χ3v) is 2.85. The van der Waals surface area contributed by atoms with E-state index in [1.807, 2.05) is 6.92 Å². The Kier molecular flexibility index (Phi) is 3.39. The summed E-state index contributed by atoms with van der Waals surface area (Å²) < 4.78 is 0. The fraction of sp³-hybridized carbons (Fsp3) is 0.545. The first-order chi connectivity index (χ1) is 7.70. The highest BCUT2D eigenvalue weighted by molar-refractivity contribution is 6.29. The molecule has 0 radical (unpaired) electrons. The van der Waals surface area contributed by atoms with Crippen molar-refractivity contribution in [3.63, 3.8) is 0 Å². The number of halogens is 1. The predicted octanol–water partition coefficient (Wildman–Crippen LogP) is 2.00. The molecule has 1 aliphatic carbocycles. The van der Waals surface area contributed by atoms with Gasteiger partial charge in [0, 0.05) is 13.1 Å². The Morgan fingerprint density at radius 1 is 1.56 bits per heavy atom. The van der Waals surface area contributed by atoms with Crippen LogP contribution in [0.3, 0.4) is 0 Å². The van der Waals surface area contributed by atoms with Crippen LogP contribution in [0.15, 0.2) is 12.4 Å². The Morgan fingerprint density at radius 3 is 2.88 bits per heavy atom. The summed E-state index contributed by atoms with van der Waals surface area (Å²) in [7, 11) is 0. The smallest absolute Gasteiger partial charge is 0.274 e. The minimum atomic E-state index is -0.0793. The highest BCUT2D eigenvalue weighted by Gasteiger charge is 2.27. The van der Waals surface area contributed by atoms with Crippen molar-refractivity contribution < 1.29 is 4.79 Å². The normalized spacial score (nSPS) is 14.9. The Bertz CT molecular complexity index is 393. The van der Waals surface area contributed by atoms with E-state index in [4.69, 9.17) is 11.6 Å². The molecule has 0 unspecified atom stereocenters. The maximum Gasteiger partial charge on any atom is 0.274 e. The first kappa shape index (κ1) is 11.3. The van der Waals surface area contributed by atoms with E-state index in [-0.39, 0.29) is 11.1 Å². The molecule has 0 atom stereocenters. The van der Waals surface area contributed by atoms with Crippen LogP contribution in [0.1, 0.15) is 30.3 Å². The van der Waals surface area contributed by atoms with Crippen LogP contribution in [0.2, 0.25) is 5.15 Å². The molecule has 1 aliphatic rings. The first-order valence-corrected chi connectivity index (χ1v) is 5.85. The molecular weight excluding hydrogens is 226 g/mol. The van der Waals surface area contributed by atoms with E-state index in [9.17, 15) is 4.79 Å². The molecule has 1 aromatic rings. The van der Waals surface area contributed by atoms with E-state index in [1.54, 1.807) is 4.90 Å². The lowest BCUT2D eigenvalue weighted by molar-refractivity contribution is 0.0750. The highest BCUT2D eigenvalue weighted by Crippen LogP contribution is 2.29. The van der Waals surface area contributed by atoms with Crippen LogP contribution in [0.5, 0.6) is 0 Å². The summed E-state index contributed by atoms with van der Waals surface area (Å²) in [6, 6.07) is 0. The molecule has 1 aromatic heterocycles. The van der Waals surface area contributed by atoms with Gasteiger partial charge in [-0.3, -0.25) is 9.78 Å². The van der Waals surface area contributed by atoms with Crippen molar-refractivity contribution in [3.8, 4) is 0 Å². The van der Waals surface area contributed by atoms with Crippen molar-refractivity contribution in [1.29, 1.82) is 0 Å². The van der Waals surface area contributed by atoms with Gasteiger partial charge < -0.3 is 4.90 Å². The van der Waals surface area contributed by atoms with Gasteiger partial charge in [-0.1, -0.05) is 11.6 Å². The third-order valence-electron chi connectivity index (χ3n) is 2.67. The zero-order valence-electron chi connectivity index (χ0n) is 9.19. The average molecular weight is 240 g/mol. The molecule has 0 aliphatic heterocycles. The van der Waals surface area contributed by atoms with Gasteiger partial charge in [-0.15, -0.1) is 0 Å². The molecule has 86 valence electrons. The number of nitrogens with zero attached hydrogens (tertiary/aromatic N) is 3. The summed E-state index contributed by atoms with van der Waals surface area (Å²) in [5, 5.41) is 0.258. The zero-order chi connectivity index (χ0) is 11.5. The molecule has 5 heteroatoms. The van der Waals surface area contributed by atoms with E-state index >= 15 is 0 Å². The number of hydrogen-bond donors (Lipinski definition) is 0. The minimum absolute atomic E-state index is 0.0793. The Morgan fingerprint density at radius 2 is 2.31 bits per heavy atom. The van der Waals surface area contributed by atoms with Gasteiger partial charge in [0.25, 0.3) is 5.91 Å². The lowest BCUT2D eigenvalue weighted by atomic mass is 10.3. The summed E-state index contributed by atoms with van der Waals surface area (Å²) in [6.07, 6.45) is 5.34. The van der Waals surface area contributed by atoms with Crippen molar-refractivity contribution in [3.05, 3.63) is 23.2 Å². The second-order valence-corrected chi connectivity index (χ2v) is 4.40. The summed E-state index contributed by atoms with van der Waals surface area (Å²) >= 11 is 5.71. The average Bonchev–Trinajstić information content (AvgIpc) is 3.09. The Hall–Kier alpha value is -1.16. The van der Waals surface area contributed by atoms with Gasteiger partial charge in [-0.05, 0) is 25.7 Å². The monoisotopic (exact) mass is 239 g/mol. The fourth-order valence-electron chi connectivity index (χ4n) is 1.57. The van der Waals surface area contributed by atoms with Gasteiger partial charge in [0.2, 0.25) is 0 Å². The van der Waals surface area contributed by atoms with E-state index < -0.39 is 0 Å². The molecule has 0 N–H and O–H groups in total. The maximum absolute atomic E-state index is 12.1. The van der Waals surface area contributed by atoms with Crippen LogP contribution in [-0.2, 0) is 0 Å². The van der Waals surface area contributed by atoms with E-state index in [2.05, 4.69) is 9.97 Å².